The zero-order valence-corrected chi connectivity index (χ0v) is 17.6. The van der Waals surface area contributed by atoms with Gasteiger partial charge in [0.15, 0.2) is 0 Å². The van der Waals surface area contributed by atoms with Crippen molar-refractivity contribution in [1.82, 2.24) is 9.55 Å². The Labute approximate surface area is 176 Å². The molecule has 0 N–H and O–H groups in total. The molecular weight excluding hydrogens is 411 g/mol. The van der Waals surface area contributed by atoms with Gasteiger partial charge in [0.25, 0.3) is 5.56 Å². The molecule has 0 fully saturated rings. The summed E-state index contributed by atoms with van der Waals surface area (Å²) in [5.41, 5.74) is -2.10. The van der Waals surface area contributed by atoms with E-state index in [1.165, 1.54) is 12.1 Å². The van der Waals surface area contributed by atoms with Crippen LogP contribution in [0.4, 0.5) is 23.9 Å². The maximum Gasteiger partial charge on any atom is 0.417 e. The molecule has 164 valence electrons. The third-order valence-electron chi connectivity index (χ3n) is 4.24. The Morgan fingerprint density at radius 2 is 1.77 bits per heavy atom. The predicted molar refractivity (Wildman–Crippen MR) is 111 cm³/mol. The number of hydrogen-bond donors (Lipinski definition) is 0. The molecule has 6 nitrogen and oxygen atoms in total. The topological polar surface area (TPSA) is 64.4 Å². The minimum atomic E-state index is -0.925. The summed E-state index contributed by atoms with van der Waals surface area (Å²) in [6, 6.07) is 6.32. The first-order chi connectivity index (χ1) is 14.5. The first kappa shape index (κ1) is 22.3. The Hall–Kier alpha value is -3.36. The van der Waals surface area contributed by atoms with E-state index >= 15 is 0 Å². The Kier molecular flexibility index (Phi) is 6.06. The summed E-state index contributed by atoms with van der Waals surface area (Å²) in [7, 11) is 0. The van der Waals surface area contributed by atoms with E-state index in [0.29, 0.717) is 12.5 Å². The molecule has 3 aromatic rings. The first-order valence-corrected chi connectivity index (χ1v) is 9.70. The van der Waals surface area contributed by atoms with E-state index in [4.69, 9.17) is 4.74 Å². The summed E-state index contributed by atoms with van der Waals surface area (Å²) >= 11 is 0. The van der Waals surface area contributed by atoms with Crippen LogP contribution in [0.15, 0.2) is 41.2 Å². The van der Waals surface area contributed by atoms with Crippen molar-refractivity contribution in [2.75, 3.05) is 11.4 Å². The highest BCUT2D eigenvalue weighted by Crippen LogP contribution is 2.24. The van der Waals surface area contributed by atoms with Gasteiger partial charge in [-0.25, -0.2) is 32.4 Å². The number of amides is 1. The van der Waals surface area contributed by atoms with Gasteiger partial charge in [-0.3, -0.25) is 4.79 Å². The van der Waals surface area contributed by atoms with Crippen molar-refractivity contribution in [3.05, 3.63) is 64.2 Å². The molecule has 31 heavy (non-hydrogen) atoms. The summed E-state index contributed by atoms with van der Waals surface area (Å²) in [5.74, 6) is -2.92. The normalized spacial score (nSPS) is 11.6. The Balaban J connectivity index is 2.37. The van der Waals surface area contributed by atoms with Crippen LogP contribution in [0.25, 0.3) is 16.6 Å². The number of benzene rings is 2. The number of para-hydroxylation sites is 1. The molecule has 0 atom stereocenters. The number of ether oxygens (including phenoxy) is 1. The molecule has 0 unspecified atom stereocenters. The Morgan fingerprint density at radius 1 is 1.13 bits per heavy atom. The van der Waals surface area contributed by atoms with Crippen molar-refractivity contribution in [2.45, 2.75) is 39.7 Å². The average molecular weight is 433 g/mol. The van der Waals surface area contributed by atoms with Gasteiger partial charge in [0.1, 0.15) is 28.6 Å². The van der Waals surface area contributed by atoms with Crippen LogP contribution in [-0.2, 0) is 4.74 Å². The zero-order chi connectivity index (χ0) is 22.9. The first-order valence-electron chi connectivity index (χ1n) is 9.70. The van der Waals surface area contributed by atoms with E-state index in [9.17, 15) is 22.8 Å². The lowest BCUT2D eigenvalue weighted by molar-refractivity contribution is 0.0577. The molecule has 0 saturated heterocycles. The number of carbonyl (C=O) groups is 1. The minimum absolute atomic E-state index is 0.0686. The standard InChI is InChI=1S/C22H22F3N3O3/c1-5-9-27(21(30)31-22(2,3)4)20-26-18-16(7-6-8-17(18)25)19(29)28(20)15-11-13(23)10-14(24)12-15/h6-8,10-12H,5,9H2,1-4H3. The highest BCUT2D eigenvalue weighted by atomic mass is 19.1. The van der Waals surface area contributed by atoms with Crippen LogP contribution in [0, 0.1) is 17.5 Å². The maximum atomic E-state index is 14.5. The molecule has 0 spiro atoms. The lowest BCUT2D eigenvalue weighted by Gasteiger charge is -2.28. The number of aromatic nitrogens is 2. The van der Waals surface area contributed by atoms with E-state index in [2.05, 4.69) is 4.98 Å². The van der Waals surface area contributed by atoms with Crippen LogP contribution in [0.1, 0.15) is 34.1 Å². The molecule has 0 bridgehead atoms. The SMILES string of the molecule is CCCN(C(=O)OC(C)(C)C)c1nc2c(F)cccc2c(=O)n1-c1cc(F)cc(F)c1. The van der Waals surface area contributed by atoms with E-state index in [1.807, 2.05) is 0 Å². The van der Waals surface area contributed by atoms with Crippen molar-refractivity contribution >= 4 is 22.9 Å². The van der Waals surface area contributed by atoms with E-state index in [-0.39, 0.29) is 29.1 Å². The van der Waals surface area contributed by atoms with E-state index in [1.54, 1.807) is 27.7 Å². The quantitative estimate of drug-likeness (QED) is 0.584. The number of halogens is 3. The third kappa shape index (κ3) is 4.70. The molecule has 3 rings (SSSR count). The summed E-state index contributed by atoms with van der Waals surface area (Å²) in [6.45, 7) is 6.84. The minimum Gasteiger partial charge on any atom is -0.443 e. The fourth-order valence-corrected chi connectivity index (χ4v) is 3.06. The van der Waals surface area contributed by atoms with Gasteiger partial charge < -0.3 is 4.74 Å². The second kappa shape index (κ2) is 8.41. The van der Waals surface area contributed by atoms with Gasteiger partial charge in [0, 0.05) is 12.6 Å². The number of carbonyl (C=O) groups excluding carboxylic acids is 1. The monoisotopic (exact) mass is 433 g/mol. The summed E-state index contributed by atoms with van der Waals surface area (Å²) in [6.07, 6.45) is -0.385. The van der Waals surface area contributed by atoms with Gasteiger partial charge >= 0.3 is 6.09 Å². The van der Waals surface area contributed by atoms with Crippen LogP contribution in [0.2, 0.25) is 0 Å². The van der Waals surface area contributed by atoms with Crippen LogP contribution in [-0.4, -0.2) is 27.8 Å². The van der Waals surface area contributed by atoms with Gasteiger partial charge in [-0.05, 0) is 51.5 Å². The molecule has 0 aliphatic rings. The van der Waals surface area contributed by atoms with E-state index in [0.717, 1.165) is 27.7 Å². The van der Waals surface area contributed by atoms with Gasteiger partial charge in [-0.2, -0.15) is 0 Å². The number of nitrogens with zero attached hydrogens (tertiary/aromatic N) is 3. The van der Waals surface area contributed by atoms with Crippen LogP contribution < -0.4 is 10.5 Å². The van der Waals surface area contributed by atoms with Crippen molar-refractivity contribution in [3.8, 4) is 5.69 Å². The molecule has 0 saturated carbocycles. The fraction of sp³-hybridized carbons (Fsp3) is 0.318. The Bertz CT molecular complexity index is 1180. The average Bonchev–Trinajstić information content (AvgIpc) is 2.64. The maximum absolute atomic E-state index is 14.5. The molecule has 1 aromatic heterocycles. The lowest BCUT2D eigenvalue weighted by Crippen LogP contribution is -2.41. The molecule has 2 aromatic carbocycles. The molecule has 0 radical (unpaired) electrons. The fourth-order valence-electron chi connectivity index (χ4n) is 3.06. The number of rotatable bonds is 4. The second-order valence-electron chi connectivity index (χ2n) is 7.95. The molecule has 1 amide bonds. The summed E-state index contributed by atoms with van der Waals surface area (Å²) < 4.78 is 48.7. The highest BCUT2D eigenvalue weighted by Gasteiger charge is 2.28. The van der Waals surface area contributed by atoms with Gasteiger partial charge in [0.05, 0.1) is 11.1 Å². The van der Waals surface area contributed by atoms with Crippen molar-refractivity contribution in [2.24, 2.45) is 0 Å². The molecular formula is C22H22F3N3O3. The highest BCUT2D eigenvalue weighted by molar-refractivity contribution is 5.88. The molecule has 0 aliphatic heterocycles. The van der Waals surface area contributed by atoms with Crippen LogP contribution >= 0.6 is 0 Å². The van der Waals surface area contributed by atoms with E-state index < -0.39 is 34.7 Å². The van der Waals surface area contributed by atoms with Crippen LogP contribution in [0.5, 0.6) is 0 Å². The number of fused-ring (bicyclic) bond motifs is 1. The predicted octanol–water partition coefficient (Wildman–Crippen LogP) is 4.95. The van der Waals surface area contributed by atoms with Crippen molar-refractivity contribution in [3.63, 3.8) is 0 Å². The molecule has 9 heteroatoms. The van der Waals surface area contributed by atoms with Crippen molar-refractivity contribution < 1.29 is 22.7 Å². The van der Waals surface area contributed by atoms with Gasteiger partial charge in [-0.1, -0.05) is 13.0 Å². The van der Waals surface area contributed by atoms with Gasteiger partial charge in [-0.15, -0.1) is 0 Å². The van der Waals surface area contributed by atoms with Gasteiger partial charge in [0.2, 0.25) is 5.95 Å². The Morgan fingerprint density at radius 3 is 2.35 bits per heavy atom. The summed E-state index contributed by atoms with van der Waals surface area (Å²) in [4.78, 5) is 31.4. The number of hydrogen-bond acceptors (Lipinski definition) is 4. The van der Waals surface area contributed by atoms with Crippen LogP contribution in [0.3, 0.4) is 0 Å². The largest absolute Gasteiger partial charge is 0.443 e. The smallest absolute Gasteiger partial charge is 0.417 e. The third-order valence-corrected chi connectivity index (χ3v) is 4.24. The molecule has 1 heterocycles. The lowest BCUT2D eigenvalue weighted by atomic mass is 10.2. The molecule has 0 aliphatic carbocycles. The second-order valence-corrected chi connectivity index (χ2v) is 7.95. The summed E-state index contributed by atoms with van der Waals surface area (Å²) in [5, 5.41) is -0.103. The zero-order valence-electron chi connectivity index (χ0n) is 17.6. The van der Waals surface area contributed by atoms with Crippen molar-refractivity contribution in [1.29, 1.82) is 0 Å². The number of anilines is 1.